The lowest BCUT2D eigenvalue weighted by atomic mass is 10.2. The summed E-state index contributed by atoms with van der Waals surface area (Å²) in [6.45, 7) is 4.73. The van der Waals surface area contributed by atoms with Gasteiger partial charge < -0.3 is 10.6 Å². The largest absolute Gasteiger partial charge is 0.384 e. The average molecular weight is 232 g/mol. The third kappa shape index (κ3) is 2.22. The molecule has 0 spiro atoms. The van der Waals surface area contributed by atoms with Gasteiger partial charge in [0.05, 0.1) is 0 Å². The number of hydrogen-bond donors (Lipinski definition) is 1. The van der Waals surface area contributed by atoms with E-state index in [1.54, 1.807) is 0 Å². The van der Waals surface area contributed by atoms with Gasteiger partial charge in [-0.3, -0.25) is 4.90 Å². The second-order valence-corrected chi connectivity index (χ2v) is 5.05. The van der Waals surface area contributed by atoms with E-state index in [0.717, 1.165) is 24.9 Å². The molecule has 92 valence electrons. The molecule has 0 bridgehead atoms. The van der Waals surface area contributed by atoms with Gasteiger partial charge in [-0.2, -0.15) is 0 Å². The molecule has 0 aromatic carbocycles. The lowest BCUT2D eigenvalue weighted by molar-refractivity contribution is 0.273. The number of anilines is 2. The number of nitrogens with two attached hydrogens (primary N) is 1. The Kier molecular flexibility index (Phi) is 2.89. The molecule has 2 aliphatic rings. The number of hydrogen-bond acceptors (Lipinski definition) is 4. The highest BCUT2D eigenvalue weighted by molar-refractivity contribution is 5.45. The summed E-state index contributed by atoms with van der Waals surface area (Å²) in [4.78, 5) is 9.46. The topological polar surface area (TPSA) is 45.4 Å². The van der Waals surface area contributed by atoms with Crippen molar-refractivity contribution < 1.29 is 0 Å². The zero-order valence-electron chi connectivity index (χ0n) is 10.2. The Balaban J connectivity index is 1.78. The van der Waals surface area contributed by atoms with Crippen molar-refractivity contribution >= 4 is 11.6 Å². The molecular weight excluding hydrogens is 212 g/mol. The Labute approximate surface area is 102 Å². The van der Waals surface area contributed by atoms with Gasteiger partial charge in [0.1, 0.15) is 11.6 Å². The number of pyridine rings is 1. The van der Waals surface area contributed by atoms with E-state index in [2.05, 4.69) is 20.9 Å². The van der Waals surface area contributed by atoms with Crippen molar-refractivity contribution in [1.82, 2.24) is 9.88 Å². The molecule has 1 unspecified atom stereocenters. The summed E-state index contributed by atoms with van der Waals surface area (Å²) in [6, 6.07) is 6.64. The van der Waals surface area contributed by atoms with E-state index in [4.69, 9.17) is 5.73 Å². The third-order valence-corrected chi connectivity index (χ3v) is 3.88. The first-order valence-corrected chi connectivity index (χ1v) is 6.54. The van der Waals surface area contributed by atoms with Crippen molar-refractivity contribution in [2.24, 2.45) is 0 Å². The molecule has 1 aromatic heterocycles. The Hall–Kier alpha value is -1.29. The van der Waals surface area contributed by atoms with Crippen LogP contribution in [0.4, 0.5) is 11.6 Å². The molecule has 1 aromatic rings. The highest BCUT2D eigenvalue weighted by Crippen LogP contribution is 2.24. The second-order valence-electron chi connectivity index (χ2n) is 5.05. The first-order valence-electron chi connectivity index (χ1n) is 6.54. The smallest absolute Gasteiger partial charge is 0.130 e. The molecule has 2 N–H and O–H groups in total. The molecule has 3 heterocycles. The van der Waals surface area contributed by atoms with Gasteiger partial charge in [-0.15, -0.1) is 0 Å². The van der Waals surface area contributed by atoms with Crippen LogP contribution in [-0.2, 0) is 0 Å². The first kappa shape index (κ1) is 10.8. The maximum atomic E-state index is 5.76. The van der Waals surface area contributed by atoms with Gasteiger partial charge in [-0.1, -0.05) is 6.07 Å². The van der Waals surface area contributed by atoms with Crippen LogP contribution >= 0.6 is 0 Å². The first-order chi connectivity index (χ1) is 8.33. The van der Waals surface area contributed by atoms with E-state index in [0.29, 0.717) is 5.82 Å². The van der Waals surface area contributed by atoms with Gasteiger partial charge >= 0.3 is 0 Å². The maximum Gasteiger partial charge on any atom is 0.130 e. The molecule has 3 rings (SSSR count). The number of nitrogens with zero attached hydrogens (tertiary/aromatic N) is 3. The molecule has 2 aliphatic heterocycles. The van der Waals surface area contributed by atoms with Crippen molar-refractivity contribution in [2.75, 3.05) is 36.8 Å². The minimum Gasteiger partial charge on any atom is -0.384 e. The lowest BCUT2D eigenvalue weighted by Gasteiger charge is -2.26. The lowest BCUT2D eigenvalue weighted by Crippen LogP contribution is -2.36. The normalized spacial score (nSPS) is 25.6. The molecule has 0 radical (unpaired) electrons. The maximum absolute atomic E-state index is 5.76. The van der Waals surface area contributed by atoms with Crippen LogP contribution in [0.3, 0.4) is 0 Å². The molecule has 0 saturated carbocycles. The highest BCUT2D eigenvalue weighted by Gasteiger charge is 2.28. The fraction of sp³-hybridized carbons (Fsp3) is 0.615. The molecule has 17 heavy (non-hydrogen) atoms. The van der Waals surface area contributed by atoms with Crippen molar-refractivity contribution in [1.29, 1.82) is 0 Å². The number of fused-ring (bicyclic) bond motifs is 1. The fourth-order valence-electron chi connectivity index (χ4n) is 3.03. The van der Waals surface area contributed by atoms with Crippen molar-refractivity contribution in [3.8, 4) is 0 Å². The Morgan fingerprint density at radius 2 is 2.06 bits per heavy atom. The van der Waals surface area contributed by atoms with Crippen LogP contribution in [0.1, 0.15) is 19.3 Å². The second kappa shape index (κ2) is 4.53. The van der Waals surface area contributed by atoms with Gasteiger partial charge in [-0.25, -0.2) is 4.98 Å². The third-order valence-electron chi connectivity index (χ3n) is 3.88. The van der Waals surface area contributed by atoms with Crippen LogP contribution < -0.4 is 10.6 Å². The van der Waals surface area contributed by atoms with Gasteiger partial charge in [0.2, 0.25) is 0 Å². The predicted octanol–water partition coefficient (Wildman–Crippen LogP) is 1.34. The summed E-state index contributed by atoms with van der Waals surface area (Å²) in [5, 5.41) is 0. The van der Waals surface area contributed by atoms with Gasteiger partial charge in [0.15, 0.2) is 0 Å². The average Bonchev–Trinajstić information content (AvgIpc) is 2.66. The molecule has 4 nitrogen and oxygen atoms in total. The van der Waals surface area contributed by atoms with Crippen LogP contribution in [0.5, 0.6) is 0 Å². The van der Waals surface area contributed by atoms with E-state index in [-0.39, 0.29) is 0 Å². The zero-order valence-corrected chi connectivity index (χ0v) is 10.2. The molecule has 2 fully saturated rings. The van der Waals surface area contributed by atoms with Crippen molar-refractivity contribution in [3.63, 3.8) is 0 Å². The van der Waals surface area contributed by atoms with E-state index in [1.807, 2.05) is 12.1 Å². The van der Waals surface area contributed by atoms with Crippen LogP contribution in [0, 0.1) is 0 Å². The molecule has 0 aliphatic carbocycles. The molecule has 0 amide bonds. The van der Waals surface area contributed by atoms with Crippen molar-refractivity contribution in [3.05, 3.63) is 18.2 Å². The van der Waals surface area contributed by atoms with E-state index >= 15 is 0 Å². The van der Waals surface area contributed by atoms with E-state index < -0.39 is 0 Å². The summed E-state index contributed by atoms with van der Waals surface area (Å²) >= 11 is 0. The standard InChI is InChI=1S/C13H20N4/c14-12-5-1-6-13(15-12)17-9-3-8-16-7-2-4-11(16)10-17/h1,5-6,11H,2-4,7-10H2,(H2,14,15). The van der Waals surface area contributed by atoms with Gasteiger partial charge in [-0.05, 0) is 37.9 Å². The van der Waals surface area contributed by atoms with E-state index in [9.17, 15) is 0 Å². The Morgan fingerprint density at radius 1 is 1.18 bits per heavy atom. The molecular formula is C13H20N4. The Morgan fingerprint density at radius 3 is 2.94 bits per heavy atom. The van der Waals surface area contributed by atoms with Crippen LogP contribution in [0.2, 0.25) is 0 Å². The van der Waals surface area contributed by atoms with Crippen LogP contribution in [0.15, 0.2) is 18.2 Å². The summed E-state index contributed by atoms with van der Waals surface area (Å²) in [5.41, 5.74) is 5.76. The van der Waals surface area contributed by atoms with E-state index in [1.165, 1.54) is 32.4 Å². The summed E-state index contributed by atoms with van der Waals surface area (Å²) in [7, 11) is 0. The molecule has 4 heteroatoms. The van der Waals surface area contributed by atoms with Gasteiger partial charge in [0, 0.05) is 25.7 Å². The fourth-order valence-corrected chi connectivity index (χ4v) is 3.03. The monoisotopic (exact) mass is 232 g/mol. The summed E-state index contributed by atoms with van der Waals surface area (Å²) < 4.78 is 0. The minimum absolute atomic E-state index is 0.620. The van der Waals surface area contributed by atoms with Crippen molar-refractivity contribution in [2.45, 2.75) is 25.3 Å². The minimum atomic E-state index is 0.620. The summed E-state index contributed by atoms with van der Waals surface area (Å²) in [5.74, 6) is 1.66. The molecule has 2 saturated heterocycles. The van der Waals surface area contributed by atoms with Crippen LogP contribution in [-0.4, -0.2) is 42.1 Å². The molecule has 1 atom stereocenters. The number of aromatic nitrogens is 1. The summed E-state index contributed by atoms with van der Waals surface area (Å²) in [6.07, 6.45) is 3.91. The predicted molar refractivity (Wildman–Crippen MR) is 70.1 cm³/mol. The Bertz CT molecular complexity index is 393. The zero-order chi connectivity index (χ0) is 11.7. The SMILES string of the molecule is Nc1cccc(N2CCCN3CCCC3C2)n1. The number of rotatable bonds is 1. The highest BCUT2D eigenvalue weighted by atomic mass is 15.3. The van der Waals surface area contributed by atoms with Crippen LogP contribution in [0.25, 0.3) is 0 Å². The quantitative estimate of drug-likeness (QED) is 0.793. The number of nitrogen functional groups attached to an aromatic ring is 1. The van der Waals surface area contributed by atoms with Gasteiger partial charge in [0.25, 0.3) is 0 Å².